The molecule has 0 aliphatic carbocycles. The number of carbonyl (C=O) groups excluding carboxylic acids is 1. The molecule has 2 heterocycles. The van der Waals surface area contributed by atoms with Crippen LogP contribution in [0.5, 0.6) is 11.5 Å². The topological polar surface area (TPSA) is 82.5 Å². The van der Waals surface area contributed by atoms with Gasteiger partial charge in [0, 0.05) is 35.8 Å². The number of nitrogens with zero attached hydrogens (tertiary/aromatic N) is 2. The van der Waals surface area contributed by atoms with Crippen molar-refractivity contribution in [3.05, 3.63) is 57.8 Å². The van der Waals surface area contributed by atoms with E-state index in [0.29, 0.717) is 22.3 Å². The third kappa shape index (κ3) is 3.60. The fourth-order valence-corrected chi connectivity index (χ4v) is 3.03. The summed E-state index contributed by atoms with van der Waals surface area (Å²) >= 11 is 1.28. The van der Waals surface area contributed by atoms with Crippen LogP contribution in [0, 0.1) is 0 Å². The summed E-state index contributed by atoms with van der Waals surface area (Å²) in [6.07, 6.45) is 1.55. The zero-order valence-corrected chi connectivity index (χ0v) is 15.3. The van der Waals surface area contributed by atoms with Gasteiger partial charge < -0.3 is 14.0 Å². The molecule has 0 bridgehead atoms. The van der Waals surface area contributed by atoms with Gasteiger partial charge in [0.15, 0.2) is 5.13 Å². The van der Waals surface area contributed by atoms with E-state index in [-0.39, 0.29) is 17.0 Å². The van der Waals surface area contributed by atoms with Crippen LogP contribution < -0.4 is 20.3 Å². The number of aryl methyl sites for hydroxylation is 1. The van der Waals surface area contributed by atoms with Gasteiger partial charge in [0.25, 0.3) is 11.5 Å². The maximum absolute atomic E-state index is 12.3. The van der Waals surface area contributed by atoms with E-state index in [1.165, 1.54) is 22.0 Å². The fraction of sp³-hybridized carbons (Fsp3) is 0.167. The lowest BCUT2D eigenvalue weighted by atomic mass is 10.1. The molecule has 7 nitrogen and oxygen atoms in total. The second kappa shape index (κ2) is 7.40. The lowest BCUT2D eigenvalue weighted by Crippen LogP contribution is -2.19. The van der Waals surface area contributed by atoms with Crippen LogP contribution in [-0.4, -0.2) is 29.7 Å². The van der Waals surface area contributed by atoms with Crippen molar-refractivity contribution >= 4 is 22.4 Å². The Morgan fingerprint density at radius 1 is 1.19 bits per heavy atom. The Balaban J connectivity index is 1.85. The molecule has 1 N–H and O–H groups in total. The SMILES string of the molecule is COc1ccc(OC)c(-c2csc(NC(=O)c3ccn(C)c(=O)c3)n2)c1. The van der Waals surface area contributed by atoms with Crippen molar-refractivity contribution in [3.63, 3.8) is 0 Å². The predicted molar refractivity (Wildman–Crippen MR) is 100 cm³/mol. The van der Waals surface area contributed by atoms with E-state index in [1.807, 2.05) is 11.4 Å². The molecule has 0 spiro atoms. The van der Waals surface area contributed by atoms with E-state index in [4.69, 9.17) is 9.47 Å². The second-order valence-corrected chi connectivity index (χ2v) is 6.28. The van der Waals surface area contributed by atoms with Gasteiger partial charge in [-0.15, -0.1) is 11.3 Å². The van der Waals surface area contributed by atoms with E-state index in [2.05, 4.69) is 10.3 Å². The molecule has 8 heteroatoms. The average molecular weight is 371 g/mol. The van der Waals surface area contributed by atoms with Gasteiger partial charge in [-0.1, -0.05) is 0 Å². The molecule has 134 valence electrons. The van der Waals surface area contributed by atoms with Crippen molar-refractivity contribution in [1.29, 1.82) is 0 Å². The molecule has 0 atom stereocenters. The van der Waals surface area contributed by atoms with E-state index < -0.39 is 0 Å². The summed E-state index contributed by atoms with van der Waals surface area (Å²) in [7, 11) is 4.79. The number of thiazole rings is 1. The van der Waals surface area contributed by atoms with E-state index in [1.54, 1.807) is 45.7 Å². The number of pyridine rings is 1. The zero-order chi connectivity index (χ0) is 18.7. The number of nitrogens with one attached hydrogen (secondary N) is 1. The summed E-state index contributed by atoms with van der Waals surface area (Å²) in [5, 5.41) is 4.95. The number of benzene rings is 1. The van der Waals surface area contributed by atoms with Crippen LogP contribution in [0.15, 0.2) is 46.7 Å². The maximum atomic E-state index is 12.3. The lowest BCUT2D eigenvalue weighted by molar-refractivity contribution is 0.102. The van der Waals surface area contributed by atoms with Gasteiger partial charge in [-0.2, -0.15) is 0 Å². The summed E-state index contributed by atoms with van der Waals surface area (Å²) in [5.41, 5.74) is 1.45. The molecule has 1 amide bonds. The first-order valence-corrected chi connectivity index (χ1v) is 8.55. The molecule has 0 aliphatic heterocycles. The first-order valence-electron chi connectivity index (χ1n) is 7.68. The predicted octanol–water partition coefficient (Wildman–Crippen LogP) is 2.78. The number of hydrogen-bond acceptors (Lipinski definition) is 6. The molecule has 0 radical (unpaired) electrons. The Morgan fingerprint density at radius 2 is 2.00 bits per heavy atom. The number of hydrogen-bond donors (Lipinski definition) is 1. The minimum absolute atomic E-state index is 0.251. The third-order valence-electron chi connectivity index (χ3n) is 3.77. The maximum Gasteiger partial charge on any atom is 0.257 e. The highest BCUT2D eigenvalue weighted by atomic mass is 32.1. The Morgan fingerprint density at radius 3 is 2.69 bits per heavy atom. The Labute approximate surface area is 153 Å². The minimum Gasteiger partial charge on any atom is -0.497 e. The number of methoxy groups -OCH3 is 2. The lowest BCUT2D eigenvalue weighted by Gasteiger charge is -2.08. The molecule has 3 rings (SSSR count). The highest BCUT2D eigenvalue weighted by Crippen LogP contribution is 2.35. The number of rotatable bonds is 5. The zero-order valence-electron chi connectivity index (χ0n) is 14.5. The summed E-state index contributed by atoms with van der Waals surface area (Å²) in [4.78, 5) is 28.4. The third-order valence-corrected chi connectivity index (χ3v) is 4.53. The fourth-order valence-electron chi connectivity index (χ4n) is 2.33. The van der Waals surface area contributed by atoms with Crippen molar-refractivity contribution in [3.8, 4) is 22.8 Å². The van der Waals surface area contributed by atoms with Crippen molar-refractivity contribution in [2.24, 2.45) is 7.05 Å². The standard InChI is InChI=1S/C18H17N3O4S/c1-21-7-6-11(8-16(21)22)17(23)20-18-19-14(10-26-18)13-9-12(24-2)4-5-15(13)25-3/h4-10H,1-3H3,(H,19,20,23). The van der Waals surface area contributed by atoms with Crippen LogP contribution in [0.2, 0.25) is 0 Å². The molecule has 26 heavy (non-hydrogen) atoms. The highest BCUT2D eigenvalue weighted by molar-refractivity contribution is 7.14. The molecule has 0 unspecified atom stereocenters. The normalized spacial score (nSPS) is 10.4. The van der Waals surface area contributed by atoms with Crippen molar-refractivity contribution in [1.82, 2.24) is 9.55 Å². The van der Waals surface area contributed by atoms with E-state index in [0.717, 1.165) is 5.56 Å². The van der Waals surface area contributed by atoms with Gasteiger partial charge in [0.05, 0.1) is 19.9 Å². The molecule has 2 aromatic heterocycles. The van der Waals surface area contributed by atoms with Crippen molar-refractivity contribution in [2.45, 2.75) is 0 Å². The van der Waals surface area contributed by atoms with Gasteiger partial charge in [-0.05, 0) is 24.3 Å². The van der Waals surface area contributed by atoms with E-state index in [9.17, 15) is 9.59 Å². The van der Waals surface area contributed by atoms with Crippen LogP contribution in [0.3, 0.4) is 0 Å². The Kier molecular flexibility index (Phi) is 5.04. The number of carbonyl (C=O) groups is 1. The number of aromatic nitrogens is 2. The van der Waals surface area contributed by atoms with Crippen LogP contribution in [0.1, 0.15) is 10.4 Å². The summed E-state index contributed by atoms with van der Waals surface area (Å²) in [5.74, 6) is 0.946. The molecular formula is C18H17N3O4S. The van der Waals surface area contributed by atoms with Crippen LogP contribution in [-0.2, 0) is 7.05 Å². The number of ether oxygens (including phenoxy) is 2. The number of anilines is 1. The summed E-state index contributed by atoms with van der Waals surface area (Å²) in [6, 6.07) is 8.28. The van der Waals surface area contributed by atoms with Crippen molar-refractivity contribution in [2.75, 3.05) is 19.5 Å². The molecule has 0 aliphatic rings. The largest absolute Gasteiger partial charge is 0.497 e. The van der Waals surface area contributed by atoms with Gasteiger partial charge in [-0.3, -0.25) is 14.9 Å². The van der Waals surface area contributed by atoms with Gasteiger partial charge >= 0.3 is 0 Å². The van der Waals surface area contributed by atoms with Crippen LogP contribution in [0.25, 0.3) is 11.3 Å². The van der Waals surface area contributed by atoms with Gasteiger partial charge in [-0.25, -0.2) is 4.98 Å². The smallest absolute Gasteiger partial charge is 0.257 e. The van der Waals surface area contributed by atoms with Gasteiger partial charge in [0.1, 0.15) is 11.5 Å². The van der Waals surface area contributed by atoms with Gasteiger partial charge in [0.2, 0.25) is 0 Å². The first-order chi connectivity index (χ1) is 12.5. The molecule has 1 aromatic carbocycles. The molecule has 3 aromatic rings. The van der Waals surface area contributed by atoms with Crippen LogP contribution >= 0.6 is 11.3 Å². The Bertz CT molecular complexity index is 1010. The quantitative estimate of drug-likeness (QED) is 0.746. The molecule has 0 saturated heterocycles. The van der Waals surface area contributed by atoms with E-state index >= 15 is 0 Å². The highest BCUT2D eigenvalue weighted by Gasteiger charge is 2.14. The average Bonchev–Trinajstić information content (AvgIpc) is 3.11. The summed E-state index contributed by atoms with van der Waals surface area (Å²) in [6.45, 7) is 0. The number of amides is 1. The molecule has 0 saturated carbocycles. The minimum atomic E-state index is -0.388. The molecule has 0 fully saturated rings. The Hall–Kier alpha value is -3.13. The molecular weight excluding hydrogens is 354 g/mol. The first kappa shape index (κ1) is 17.7. The second-order valence-electron chi connectivity index (χ2n) is 5.42. The van der Waals surface area contributed by atoms with Crippen LogP contribution in [0.4, 0.5) is 5.13 Å². The van der Waals surface area contributed by atoms with Crippen molar-refractivity contribution < 1.29 is 14.3 Å². The summed E-state index contributed by atoms with van der Waals surface area (Å²) < 4.78 is 12.0. The monoisotopic (exact) mass is 371 g/mol.